The largest absolute Gasteiger partial charge is 0.355 e. The van der Waals surface area contributed by atoms with Crippen LogP contribution in [0.2, 0.25) is 0 Å². The standard InChI is InChI=1S/C23H22N2/c1-24-18-25(17-19-11-5-2-6-12-19)23(21-15-9-4-10-16-21)22(24)20-13-7-3-8-14-20/h2-16H,17-18H2,1H3. The van der Waals surface area contributed by atoms with Gasteiger partial charge in [0.2, 0.25) is 0 Å². The van der Waals surface area contributed by atoms with Gasteiger partial charge in [-0.1, -0.05) is 91.0 Å². The Balaban J connectivity index is 1.81. The summed E-state index contributed by atoms with van der Waals surface area (Å²) in [4.78, 5) is 4.81. The van der Waals surface area contributed by atoms with E-state index in [0.29, 0.717) is 0 Å². The summed E-state index contributed by atoms with van der Waals surface area (Å²) >= 11 is 0. The SMILES string of the molecule is CN1CN(Cc2ccccc2)C(c2ccccc2)=C1c1ccccc1. The molecule has 1 aliphatic rings. The van der Waals surface area contributed by atoms with Gasteiger partial charge in [0.1, 0.15) is 0 Å². The van der Waals surface area contributed by atoms with Crippen LogP contribution in [0.3, 0.4) is 0 Å². The molecule has 3 aromatic carbocycles. The van der Waals surface area contributed by atoms with Crippen LogP contribution in [-0.2, 0) is 6.54 Å². The first kappa shape index (κ1) is 15.5. The molecule has 2 nitrogen and oxygen atoms in total. The fourth-order valence-corrected chi connectivity index (χ4v) is 3.53. The fraction of sp³-hybridized carbons (Fsp3) is 0.130. The molecule has 0 fully saturated rings. The number of rotatable bonds is 4. The Morgan fingerprint density at radius 1 is 0.640 bits per heavy atom. The first-order valence-corrected chi connectivity index (χ1v) is 8.68. The maximum absolute atomic E-state index is 2.47. The van der Waals surface area contributed by atoms with E-state index in [1.807, 2.05) is 0 Å². The van der Waals surface area contributed by atoms with Gasteiger partial charge in [0, 0.05) is 19.2 Å². The molecule has 3 aromatic rings. The number of nitrogens with zero attached hydrogens (tertiary/aromatic N) is 2. The van der Waals surface area contributed by atoms with E-state index in [1.54, 1.807) is 0 Å². The first-order chi connectivity index (χ1) is 12.3. The van der Waals surface area contributed by atoms with Gasteiger partial charge in [0.05, 0.1) is 18.1 Å². The quantitative estimate of drug-likeness (QED) is 0.671. The maximum atomic E-state index is 2.47. The van der Waals surface area contributed by atoms with Gasteiger partial charge in [-0.25, -0.2) is 0 Å². The van der Waals surface area contributed by atoms with Gasteiger partial charge in [-0.05, 0) is 11.1 Å². The van der Waals surface area contributed by atoms with E-state index in [0.717, 1.165) is 13.2 Å². The average molecular weight is 326 g/mol. The second-order valence-corrected chi connectivity index (χ2v) is 6.45. The molecule has 0 radical (unpaired) electrons. The van der Waals surface area contributed by atoms with Gasteiger partial charge >= 0.3 is 0 Å². The van der Waals surface area contributed by atoms with Crippen molar-refractivity contribution in [3.63, 3.8) is 0 Å². The monoisotopic (exact) mass is 326 g/mol. The Labute approximate surface area is 149 Å². The predicted molar refractivity (Wildman–Crippen MR) is 104 cm³/mol. The molecule has 1 aliphatic heterocycles. The molecule has 4 rings (SSSR count). The van der Waals surface area contributed by atoms with Crippen LogP contribution in [0.25, 0.3) is 11.4 Å². The molecule has 0 saturated heterocycles. The number of benzene rings is 3. The average Bonchev–Trinajstić information content (AvgIpc) is 2.99. The van der Waals surface area contributed by atoms with Crippen molar-refractivity contribution in [1.82, 2.24) is 9.80 Å². The topological polar surface area (TPSA) is 6.48 Å². The van der Waals surface area contributed by atoms with Crippen molar-refractivity contribution >= 4 is 11.4 Å². The van der Waals surface area contributed by atoms with Crippen LogP contribution < -0.4 is 0 Å². The highest BCUT2D eigenvalue weighted by Crippen LogP contribution is 2.37. The molecule has 0 unspecified atom stereocenters. The Hall–Kier alpha value is -3.00. The summed E-state index contributed by atoms with van der Waals surface area (Å²) in [5.74, 6) is 0. The van der Waals surface area contributed by atoms with Crippen molar-refractivity contribution in [1.29, 1.82) is 0 Å². The summed E-state index contributed by atoms with van der Waals surface area (Å²) in [6.07, 6.45) is 0. The summed E-state index contributed by atoms with van der Waals surface area (Å²) in [6.45, 7) is 1.80. The van der Waals surface area contributed by atoms with Gasteiger partial charge in [-0.3, -0.25) is 0 Å². The zero-order valence-corrected chi connectivity index (χ0v) is 14.5. The second-order valence-electron chi connectivity index (χ2n) is 6.45. The highest BCUT2D eigenvalue weighted by atomic mass is 15.4. The van der Waals surface area contributed by atoms with E-state index in [1.165, 1.54) is 28.1 Å². The van der Waals surface area contributed by atoms with Gasteiger partial charge in [0.15, 0.2) is 0 Å². The van der Waals surface area contributed by atoms with Crippen LogP contribution >= 0.6 is 0 Å². The minimum absolute atomic E-state index is 0.892. The smallest absolute Gasteiger partial charge is 0.0905 e. The summed E-state index contributed by atoms with van der Waals surface area (Å²) < 4.78 is 0. The van der Waals surface area contributed by atoms with Crippen LogP contribution in [0.5, 0.6) is 0 Å². The Morgan fingerprint density at radius 2 is 1.12 bits per heavy atom. The lowest BCUT2D eigenvalue weighted by Crippen LogP contribution is -2.24. The van der Waals surface area contributed by atoms with Gasteiger partial charge < -0.3 is 9.80 Å². The molecule has 0 bridgehead atoms. The summed E-state index contributed by atoms with van der Waals surface area (Å²) in [5, 5.41) is 0. The predicted octanol–water partition coefficient (Wildman–Crippen LogP) is 4.92. The van der Waals surface area contributed by atoms with Crippen molar-refractivity contribution in [2.75, 3.05) is 13.7 Å². The minimum atomic E-state index is 0.892. The Kier molecular flexibility index (Phi) is 4.26. The van der Waals surface area contributed by atoms with E-state index in [-0.39, 0.29) is 0 Å². The van der Waals surface area contributed by atoms with E-state index in [4.69, 9.17) is 0 Å². The lowest BCUT2D eigenvalue weighted by molar-refractivity contribution is 0.306. The molecule has 0 atom stereocenters. The van der Waals surface area contributed by atoms with Crippen molar-refractivity contribution in [2.45, 2.75) is 6.54 Å². The second kappa shape index (κ2) is 6.86. The molecule has 25 heavy (non-hydrogen) atoms. The summed E-state index contributed by atoms with van der Waals surface area (Å²) in [7, 11) is 2.18. The normalized spacial score (nSPS) is 14.3. The first-order valence-electron chi connectivity index (χ1n) is 8.68. The lowest BCUT2D eigenvalue weighted by Gasteiger charge is -2.22. The molecule has 0 amide bonds. The third-order valence-corrected chi connectivity index (χ3v) is 4.62. The van der Waals surface area contributed by atoms with Crippen molar-refractivity contribution in [3.05, 3.63) is 108 Å². The van der Waals surface area contributed by atoms with E-state index < -0.39 is 0 Å². The van der Waals surface area contributed by atoms with Crippen LogP contribution in [-0.4, -0.2) is 23.5 Å². The van der Waals surface area contributed by atoms with Crippen LogP contribution in [0, 0.1) is 0 Å². The molecular formula is C23H22N2. The van der Waals surface area contributed by atoms with Gasteiger partial charge in [0.25, 0.3) is 0 Å². The molecule has 1 heterocycles. The minimum Gasteiger partial charge on any atom is -0.355 e. The molecule has 0 saturated carbocycles. The van der Waals surface area contributed by atoms with Crippen molar-refractivity contribution in [2.24, 2.45) is 0 Å². The summed E-state index contributed by atoms with van der Waals surface area (Å²) in [6, 6.07) is 32.1. The highest BCUT2D eigenvalue weighted by Gasteiger charge is 2.28. The van der Waals surface area contributed by atoms with Crippen LogP contribution in [0.15, 0.2) is 91.0 Å². The highest BCUT2D eigenvalue weighted by molar-refractivity contribution is 5.90. The van der Waals surface area contributed by atoms with Crippen LogP contribution in [0.1, 0.15) is 16.7 Å². The zero-order valence-electron chi connectivity index (χ0n) is 14.5. The molecule has 124 valence electrons. The zero-order chi connectivity index (χ0) is 17.1. The third kappa shape index (κ3) is 3.16. The lowest BCUT2D eigenvalue weighted by atomic mass is 10.0. The third-order valence-electron chi connectivity index (χ3n) is 4.62. The Morgan fingerprint density at radius 3 is 1.68 bits per heavy atom. The molecular weight excluding hydrogens is 304 g/mol. The molecule has 0 spiro atoms. The van der Waals surface area contributed by atoms with Crippen molar-refractivity contribution < 1.29 is 0 Å². The Bertz CT molecular complexity index is 854. The van der Waals surface area contributed by atoms with Crippen LogP contribution in [0.4, 0.5) is 0 Å². The van der Waals surface area contributed by atoms with Crippen molar-refractivity contribution in [3.8, 4) is 0 Å². The van der Waals surface area contributed by atoms with E-state index >= 15 is 0 Å². The van der Waals surface area contributed by atoms with Gasteiger partial charge in [-0.2, -0.15) is 0 Å². The molecule has 0 aliphatic carbocycles. The van der Waals surface area contributed by atoms with E-state index in [9.17, 15) is 0 Å². The van der Waals surface area contributed by atoms with Gasteiger partial charge in [-0.15, -0.1) is 0 Å². The fourth-order valence-electron chi connectivity index (χ4n) is 3.53. The molecule has 0 N–H and O–H groups in total. The number of hydrogen-bond donors (Lipinski definition) is 0. The van der Waals surface area contributed by atoms with E-state index in [2.05, 4.69) is 108 Å². The molecule has 0 aromatic heterocycles. The maximum Gasteiger partial charge on any atom is 0.0905 e. The molecule has 2 heteroatoms. The summed E-state index contributed by atoms with van der Waals surface area (Å²) in [5.41, 5.74) is 6.46. The number of hydrogen-bond acceptors (Lipinski definition) is 2.